The first-order valence-electron chi connectivity index (χ1n) is 11.1. The molecule has 35 heavy (non-hydrogen) atoms. The summed E-state index contributed by atoms with van der Waals surface area (Å²) in [5.41, 5.74) is 1.23. The fraction of sp³-hybridized carbons (Fsp3) is 0.292. The van der Waals surface area contributed by atoms with Crippen LogP contribution in [-0.2, 0) is 11.3 Å². The summed E-state index contributed by atoms with van der Waals surface area (Å²) >= 11 is 6.86. The van der Waals surface area contributed by atoms with Crippen molar-refractivity contribution >= 4 is 46.3 Å². The largest absolute Gasteiger partial charge is 0.352 e. The van der Waals surface area contributed by atoms with Gasteiger partial charge >= 0.3 is 0 Å². The van der Waals surface area contributed by atoms with Gasteiger partial charge in [-0.05, 0) is 54.7 Å². The number of anilines is 1. The van der Waals surface area contributed by atoms with E-state index < -0.39 is 5.91 Å². The van der Waals surface area contributed by atoms with Crippen molar-refractivity contribution in [2.45, 2.75) is 25.8 Å². The molecule has 0 bridgehead atoms. The Morgan fingerprint density at radius 2 is 1.80 bits per heavy atom. The smallest absolute Gasteiger partial charge is 0.286 e. The molecular weight excluding hydrogens is 493 g/mol. The lowest BCUT2D eigenvalue weighted by atomic mass is 9.93. The third-order valence-electron chi connectivity index (χ3n) is 5.64. The molecule has 1 aliphatic heterocycles. The first-order valence-corrected chi connectivity index (χ1v) is 12.3. The Morgan fingerprint density at radius 3 is 2.54 bits per heavy atom. The lowest BCUT2D eigenvalue weighted by Gasteiger charge is -2.31. The van der Waals surface area contributed by atoms with E-state index in [1.807, 2.05) is 0 Å². The number of amides is 3. The second-order valence-corrected chi connectivity index (χ2v) is 9.64. The molecule has 0 aliphatic carbocycles. The molecule has 2 heterocycles. The van der Waals surface area contributed by atoms with Crippen LogP contribution < -0.4 is 10.6 Å². The molecule has 0 spiro atoms. The first-order chi connectivity index (χ1) is 16.9. The molecule has 0 atom stereocenters. The number of carbonyl (C=O) groups excluding carboxylic acids is 3. The fourth-order valence-corrected chi connectivity index (χ4v) is 4.71. The van der Waals surface area contributed by atoms with Crippen LogP contribution in [0, 0.1) is 11.7 Å². The molecule has 4 rings (SSSR count). The topological polar surface area (TPSA) is 104 Å². The molecular formula is C24H23ClFN5O3S. The molecule has 0 radical (unpaired) electrons. The van der Waals surface area contributed by atoms with Gasteiger partial charge in [-0.15, -0.1) is 10.2 Å². The predicted molar refractivity (Wildman–Crippen MR) is 131 cm³/mol. The van der Waals surface area contributed by atoms with Gasteiger partial charge in [-0.1, -0.05) is 41.1 Å². The number of hydrogen-bond donors (Lipinski definition) is 2. The van der Waals surface area contributed by atoms with E-state index in [0.717, 1.165) is 11.3 Å². The molecule has 2 N–H and O–H groups in total. The second kappa shape index (κ2) is 11.4. The summed E-state index contributed by atoms with van der Waals surface area (Å²) in [7, 11) is 0. The SMILES string of the molecule is O=C(CC1CCN(C(=O)c2nnc(C(=O)Nc3cccc(Cl)c3)s2)CC1)NCc1cccc(F)c1. The number of halogens is 2. The maximum Gasteiger partial charge on any atom is 0.286 e. The van der Waals surface area contributed by atoms with Crippen molar-refractivity contribution in [2.24, 2.45) is 5.92 Å². The van der Waals surface area contributed by atoms with E-state index in [9.17, 15) is 18.8 Å². The highest BCUT2D eigenvalue weighted by atomic mass is 35.5. The zero-order chi connectivity index (χ0) is 24.8. The average Bonchev–Trinajstić information content (AvgIpc) is 3.34. The maximum absolute atomic E-state index is 13.3. The number of benzene rings is 2. The Kier molecular flexibility index (Phi) is 8.04. The zero-order valence-electron chi connectivity index (χ0n) is 18.7. The third kappa shape index (κ3) is 6.83. The van der Waals surface area contributed by atoms with Gasteiger partial charge in [0.2, 0.25) is 15.9 Å². The number of nitrogens with zero attached hydrogens (tertiary/aromatic N) is 3. The summed E-state index contributed by atoms with van der Waals surface area (Å²) in [6.07, 6.45) is 1.71. The minimum atomic E-state index is -0.466. The van der Waals surface area contributed by atoms with Crippen LogP contribution in [0.25, 0.3) is 0 Å². The van der Waals surface area contributed by atoms with Crippen LogP contribution in [0.5, 0.6) is 0 Å². The van der Waals surface area contributed by atoms with Gasteiger partial charge in [-0.3, -0.25) is 14.4 Å². The number of aromatic nitrogens is 2. The van der Waals surface area contributed by atoms with E-state index in [2.05, 4.69) is 20.8 Å². The molecule has 0 saturated carbocycles. The summed E-state index contributed by atoms with van der Waals surface area (Å²) in [5, 5.41) is 14.0. The number of likely N-dealkylation sites (tertiary alicyclic amines) is 1. The highest BCUT2D eigenvalue weighted by Crippen LogP contribution is 2.23. The zero-order valence-corrected chi connectivity index (χ0v) is 20.2. The third-order valence-corrected chi connectivity index (χ3v) is 6.78. The molecule has 3 aromatic rings. The molecule has 0 unspecified atom stereocenters. The summed E-state index contributed by atoms with van der Waals surface area (Å²) < 4.78 is 13.3. The van der Waals surface area contributed by atoms with Gasteiger partial charge in [0, 0.05) is 36.8 Å². The van der Waals surface area contributed by atoms with Crippen molar-refractivity contribution in [3.63, 3.8) is 0 Å². The molecule has 8 nitrogen and oxygen atoms in total. The lowest BCUT2D eigenvalue weighted by molar-refractivity contribution is -0.122. The molecule has 3 amide bonds. The molecule has 2 aromatic carbocycles. The van der Waals surface area contributed by atoms with Gasteiger partial charge in [-0.25, -0.2) is 4.39 Å². The normalized spacial score (nSPS) is 13.9. The van der Waals surface area contributed by atoms with E-state index in [4.69, 9.17) is 11.6 Å². The van der Waals surface area contributed by atoms with E-state index in [1.165, 1.54) is 12.1 Å². The van der Waals surface area contributed by atoms with Crippen LogP contribution in [0.15, 0.2) is 48.5 Å². The van der Waals surface area contributed by atoms with Gasteiger partial charge in [-0.2, -0.15) is 0 Å². The van der Waals surface area contributed by atoms with Crippen molar-refractivity contribution in [3.05, 3.63) is 74.9 Å². The van der Waals surface area contributed by atoms with Crippen LogP contribution in [0.3, 0.4) is 0 Å². The average molecular weight is 516 g/mol. The Balaban J connectivity index is 1.23. The summed E-state index contributed by atoms with van der Waals surface area (Å²) in [6, 6.07) is 12.8. The number of hydrogen-bond acceptors (Lipinski definition) is 6. The Bertz CT molecular complexity index is 1230. The van der Waals surface area contributed by atoms with Crippen molar-refractivity contribution < 1.29 is 18.8 Å². The van der Waals surface area contributed by atoms with Crippen molar-refractivity contribution in [2.75, 3.05) is 18.4 Å². The van der Waals surface area contributed by atoms with Gasteiger partial charge in [0.1, 0.15) is 5.82 Å². The monoisotopic (exact) mass is 515 g/mol. The molecule has 1 aromatic heterocycles. The van der Waals surface area contributed by atoms with E-state index >= 15 is 0 Å². The van der Waals surface area contributed by atoms with E-state index in [0.29, 0.717) is 48.6 Å². The van der Waals surface area contributed by atoms with E-state index in [-0.39, 0.29) is 40.1 Å². The number of nitrogens with one attached hydrogen (secondary N) is 2. The van der Waals surface area contributed by atoms with Crippen LogP contribution in [0.4, 0.5) is 10.1 Å². The lowest BCUT2D eigenvalue weighted by Crippen LogP contribution is -2.39. The highest BCUT2D eigenvalue weighted by Gasteiger charge is 2.28. The minimum Gasteiger partial charge on any atom is -0.352 e. The molecule has 1 aliphatic rings. The summed E-state index contributed by atoms with van der Waals surface area (Å²) in [4.78, 5) is 39.2. The van der Waals surface area contributed by atoms with Gasteiger partial charge in [0.05, 0.1) is 0 Å². The second-order valence-electron chi connectivity index (χ2n) is 8.22. The van der Waals surface area contributed by atoms with Crippen LogP contribution in [0.2, 0.25) is 5.02 Å². The number of piperidine rings is 1. The summed E-state index contributed by atoms with van der Waals surface area (Å²) in [5.74, 6) is -1.03. The molecule has 11 heteroatoms. The fourth-order valence-electron chi connectivity index (χ4n) is 3.81. The van der Waals surface area contributed by atoms with Crippen LogP contribution in [-0.4, -0.2) is 45.9 Å². The quantitative estimate of drug-likeness (QED) is 0.492. The minimum absolute atomic E-state index is 0.0816. The van der Waals surface area contributed by atoms with Gasteiger partial charge in [0.25, 0.3) is 11.8 Å². The first kappa shape index (κ1) is 24.7. The summed E-state index contributed by atoms with van der Waals surface area (Å²) in [6.45, 7) is 1.26. The number of rotatable bonds is 7. The van der Waals surface area contributed by atoms with Gasteiger partial charge in [0.15, 0.2) is 0 Å². The Morgan fingerprint density at radius 1 is 1.06 bits per heavy atom. The van der Waals surface area contributed by atoms with Crippen LogP contribution >= 0.6 is 22.9 Å². The Labute approximate surface area is 210 Å². The number of carbonyl (C=O) groups is 3. The predicted octanol–water partition coefficient (Wildman–Crippen LogP) is 4.14. The molecule has 1 fully saturated rings. The highest BCUT2D eigenvalue weighted by molar-refractivity contribution is 7.15. The van der Waals surface area contributed by atoms with Crippen molar-refractivity contribution in [3.8, 4) is 0 Å². The molecule has 1 saturated heterocycles. The van der Waals surface area contributed by atoms with Crippen molar-refractivity contribution in [1.29, 1.82) is 0 Å². The maximum atomic E-state index is 13.3. The van der Waals surface area contributed by atoms with Crippen LogP contribution in [0.1, 0.15) is 44.4 Å². The Hall–Kier alpha value is -3.37. The van der Waals surface area contributed by atoms with E-state index in [1.54, 1.807) is 41.3 Å². The van der Waals surface area contributed by atoms with Crippen molar-refractivity contribution in [1.82, 2.24) is 20.4 Å². The molecule has 182 valence electrons. The standard InChI is InChI=1S/C24H23ClFN5O3S/c25-17-4-2-6-19(13-17)28-21(33)22-29-30-23(35-22)24(34)31-9-7-15(8-10-31)12-20(32)27-14-16-3-1-5-18(26)11-16/h1-6,11,13,15H,7-10,12,14H2,(H,27,32)(H,28,33). The van der Waals surface area contributed by atoms with Gasteiger partial charge < -0.3 is 15.5 Å².